The van der Waals surface area contributed by atoms with Crippen LogP contribution in [0.5, 0.6) is 0 Å². The molecule has 1 aromatic heterocycles. The summed E-state index contributed by atoms with van der Waals surface area (Å²) in [5, 5.41) is 1.13. The minimum Gasteiger partial charge on any atom is -0.334 e. The molecule has 1 unspecified atom stereocenters. The van der Waals surface area contributed by atoms with Gasteiger partial charge in [0.2, 0.25) is 0 Å². The Balaban J connectivity index is 2.04. The summed E-state index contributed by atoms with van der Waals surface area (Å²) in [6.45, 7) is 4.93. The van der Waals surface area contributed by atoms with Crippen molar-refractivity contribution >= 4 is 45.7 Å². The van der Waals surface area contributed by atoms with Gasteiger partial charge in [-0.05, 0) is 60.0 Å². The lowest BCUT2D eigenvalue weighted by atomic mass is 10.1. The normalized spacial score (nSPS) is 12.8. The molecule has 2 aromatic carbocycles. The molecule has 0 spiro atoms. The second kappa shape index (κ2) is 9.53. The molecule has 0 N–H and O–H groups in total. The summed E-state index contributed by atoms with van der Waals surface area (Å²) in [4.78, 5) is 1.11. The summed E-state index contributed by atoms with van der Waals surface area (Å²) in [5.41, 5.74) is 0.631. The number of thiophene rings is 1. The Morgan fingerprint density at radius 1 is 1.04 bits per heavy atom. The fraction of sp³-hybridized carbons (Fsp3) is 0.300. The van der Waals surface area contributed by atoms with E-state index in [4.69, 9.17) is 9.05 Å². The highest BCUT2D eigenvalue weighted by Gasteiger charge is 2.30. The number of hydrogen-bond donors (Lipinski definition) is 0. The SMILES string of the molecule is CCOP(OCC)C(Cc1ccc(F)c(F)c1)c1sc2ccccc2c1Br. The topological polar surface area (TPSA) is 18.5 Å². The molecule has 2 nitrogen and oxygen atoms in total. The van der Waals surface area contributed by atoms with Crippen molar-refractivity contribution in [2.75, 3.05) is 13.2 Å². The predicted molar refractivity (Wildman–Crippen MR) is 113 cm³/mol. The van der Waals surface area contributed by atoms with E-state index in [-0.39, 0.29) is 5.66 Å². The molecule has 0 saturated carbocycles. The molecular formula is C20H20BrF2O2PS. The largest absolute Gasteiger partial charge is 0.334 e. The Bertz CT molecular complexity index is 912. The maximum atomic E-state index is 13.7. The van der Waals surface area contributed by atoms with Crippen LogP contribution in [-0.2, 0) is 15.5 Å². The Morgan fingerprint density at radius 2 is 1.74 bits per heavy atom. The number of hydrogen-bond acceptors (Lipinski definition) is 3. The summed E-state index contributed by atoms with van der Waals surface area (Å²) < 4.78 is 41.1. The van der Waals surface area contributed by atoms with Gasteiger partial charge in [0.1, 0.15) is 0 Å². The Hall–Kier alpha value is -0.910. The number of fused-ring (bicyclic) bond motifs is 1. The summed E-state index contributed by atoms with van der Waals surface area (Å²) in [7, 11) is -1.23. The highest BCUT2D eigenvalue weighted by molar-refractivity contribution is 9.10. The van der Waals surface area contributed by atoms with Crippen LogP contribution in [0.1, 0.15) is 29.9 Å². The van der Waals surface area contributed by atoms with Crippen LogP contribution in [0, 0.1) is 11.6 Å². The molecule has 0 saturated heterocycles. The standard InChI is InChI=1S/C20H20BrF2O2PS/c1-3-24-26(25-4-2)17(12-13-9-10-15(22)16(23)11-13)20-19(21)14-7-5-6-8-18(14)27-20/h5-11,17H,3-4,12H2,1-2H3. The van der Waals surface area contributed by atoms with Gasteiger partial charge in [0.05, 0.1) is 18.9 Å². The molecule has 0 aliphatic carbocycles. The monoisotopic (exact) mass is 472 g/mol. The highest BCUT2D eigenvalue weighted by Crippen LogP contribution is 2.58. The van der Waals surface area contributed by atoms with Crippen molar-refractivity contribution in [2.24, 2.45) is 0 Å². The van der Waals surface area contributed by atoms with Crippen molar-refractivity contribution < 1.29 is 17.8 Å². The lowest BCUT2D eigenvalue weighted by Crippen LogP contribution is -2.06. The van der Waals surface area contributed by atoms with Gasteiger partial charge >= 0.3 is 0 Å². The van der Waals surface area contributed by atoms with Crippen LogP contribution in [0.4, 0.5) is 8.78 Å². The van der Waals surface area contributed by atoms with Crippen LogP contribution in [0.3, 0.4) is 0 Å². The van der Waals surface area contributed by atoms with E-state index < -0.39 is 20.0 Å². The summed E-state index contributed by atoms with van der Waals surface area (Å²) in [6.07, 6.45) is 0.508. The van der Waals surface area contributed by atoms with E-state index in [0.717, 1.165) is 25.0 Å². The van der Waals surface area contributed by atoms with Gasteiger partial charge in [-0.2, -0.15) is 0 Å². The molecule has 7 heteroatoms. The number of rotatable bonds is 8. The molecule has 0 amide bonds. The smallest absolute Gasteiger partial charge is 0.179 e. The van der Waals surface area contributed by atoms with E-state index in [1.54, 1.807) is 17.4 Å². The first-order valence-electron chi connectivity index (χ1n) is 8.71. The Morgan fingerprint density at radius 3 is 2.37 bits per heavy atom. The number of halogens is 3. The third-order valence-electron chi connectivity index (χ3n) is 4.04. The average Bonchev–Trinajstić information content (AvgIpc) is 2.99. The first kappa shape index (κ1) is 20.8. The van der Waals surface area contributed by atoms with Crippen LogP contribution in [0.2, 0.25) is 0 Å². The summed E-state index contributed by atoms with van der Waals surface area (Å²) >= 11 is 5.42. The quantitative estimate of drug-likeness (QED) is 0.314. The van der Waals surface area contributed by atoms with Gasteiger partial charge in [0, 0.05) is 19.4 Å². The van der Waals surface area contributed by atoms with Gasteiger partial charge in [-0.15, -0.1) is 11.3 Å². The van der Waals surface area contributed by atoms with Crippen molar-refractivity contribution in [1.82, 2.24) is 0 Å². The molecule has 0 aliphatic heterocycles. The van der Waals surface area contributed by atoms with E-state index >= 15 is 0 Å². The molecule has 27 heavy (non-hydrogen) atoms. The van der Waals surface area contributed by atoms with Gasteiger partial charge in [0.15, 0.2) is 20.0 Å². The average molecular weight is 473 g/mol. The van der Waals surface area contributed by atoms with Crippen LogP contribution in [0.25, 0.3) is 10.1 Å². The molecule has 3 aromatic rings. The molecule has 0 bridgehead atoms. The minimum atomic E-state index is -1.23. The maximum absolute atomic E-state index is 13.7. The van der Waals surface area contributed by atoms with Crippen LogP contribution >= 0.6 is 35.6 Å². The van der Waals surface area contributed by atoms with Crippen LogP contribution < -0.4 is 0 Å². The van der Waals surface area contributed by atoms with Gasteiger partial charge in [-0.25, -0.2) is 8.78 Å². The lowest BCUT2D eigenvalue weighted by molar-refractivity contribution is 0.262. The van der Waals surface area contributed by atoms with Gasteiger partial charge in [-0.3, -0.25) is 0 Å². The van der Waals surface area contributed by atoms with Gasteiger partial charge in [0.25, 0.3) is 0 Å². The molecule has 1 atom stereocenters. The van der Waals surface area contributed by atoms with E-state index in [0.29, 0.717) is 19.6 Å². The fourth-order valence-corrected chi connectivity index (χ4v) is 7.17. The first-order valence-corrected chi connectivity index (χ1v) is 11.6. The molecule has 144 valence electrons. The molecule has 3 rings (SSSR count). The third-order valence-corrected chi connectivity index (χ3v) is 8.59. The molecule has 0 radical (unpaired) electrons. The fourth-order valence-electron chi connectivity index (χ4n) is 2.87. The van der Waals surface area contributed by atoms with E-state index in [9.17, 15) is 8.78 Å². The molecular weight excluding hydrogens is 453 g/mol. The Labute approximate surface area is 171 Å². The maximum Gasteiger partial charge on any atom is 0.179 e. The van der Waals surface area contributed by atoms with Crippen LogP contribution in [0.15, 0.2) is 46.9 Å². The van der Waals surface area contributed by atoms with Crippen molar-refractivity contribution in [3.05, 3.63) is 69.0 Å². The zero-order valence-corrected chi connectivity index (χ0v) is 18.3. The van der Waals surface area contributed by atoms with Crippen molar-refractivity contribution in [1.29, 1.82) is 0 Å². The molecule has 0 aliphatic rings. The summed E-state index contributed by atoms with van der Waals surface area (Å²) in [5.74, 6) is -1.67. The minimum absolute atomic E-state index is 0.0865. The Kier molecular flexibility index (Phi) is 7.35. The summed E-state index contributed by atoms with van der Waals surface area (Å²) in [6, 6.07) is 12.2. The predicted octanol–water partition coefficient (Wildman–Crippen LogP) is 7.61. The highest BCUT2D eigenvalue weighted by atomic mass is 79.9. The van der Waals surface area contributed by atoms with Crippen molar-refractivity contribution in [2.45, 2.75) is 25.9 Å². The van der Waals surface area contributed by atoms with E-state index in [2.05, 4.69) is 28.1 Å². The van der Waals surface area contributed by atoms with Crippen LogP contribution in [-0.4, -0.2) is 13.2 Å². The van der Waals surface area contributed by atoms with Gasteiger partial charge in [-0.1, -0.05) is 24.3 Å². The first-order chi connectivity index (χ1) is 13.0. The van der Waals surface area contributed by atoms with E-state index in [1.807, 2.05) is 26.0 Å². The van der Waals surface area contributed by atoms with Crippen molar-refractivity contribution in [3.63, 3.8) is 0 Å². The second-order valence-corrected chi connectivity index (χ2v) is 9.45. The van der Waals surface area contributed by atoms with Crippen molar-refractivity contribution in [3.8, 4) is 0 Å². The lowest BCUT2D eigenvalue weighted by Gasteiger charge is -2.25. The molecule has 0 fully saturated rings. The second-order valence-electron chi connectivity index (χ2n) is 5.87. The molecule has 1 heterocycles. The van der Waals surface area contributed by atoms with E-state index in [1.165, 1.54) is 12.1 Å². The zero-order valence-electron chi connectivity index (χ0n) is 15.0. The zero-order chi connectivity index (χ0) is 19.4. The number of benzene rings is 2. The third kappa shape index (κ3) is 4.75. The van der Waals surface area contributed by atoms with Gasteiger partial charge < -0.3 is 9.05 Å².